The summed E-state index contributed by atoms with van der Waals surface area (Å²) in [7, 11) is -4.22. The zero-order valence-corrected chi connectivity index (χ0v) is 11.3. The third-order valence-corrected chi connectivity index (χ3v) is 2.75. The highest BCUT2D eigenvalue weighted by Crippen LogP contribution is 2.34. The highest BCUT2D eigenvalue weighted by Gasteiger charge is 2.17. The summed E-state index contributed by atoms with van der Waals surface area (Å²) in [4.78, 5) is 36.2. The van der Waals surface area contributed by atoms with Crippen LogP contribution in [0.1, 0.15) is 6.92 Å². The topological polar surface area (TPSA) is 169 Å². The van der Waals surface area contributed by atoms with Crippen LogP contribution in [0.2, 0.25) is 0 Å². The molecule has 1 atom stereocenters. The van der Waals surface area contributed by atoms with E-state index >= 15 is 0 Å². The number of ether oxygens (including phenoxy) is 1. The number of fused-ring (bicyclic) bond motifs is 1. The Morgan fingerprint density at radius 3 is 2.85 bits per heavy atom. The van der Waals surface area contributed by atoms with E-state index in [9.17, 15) is 9.36 Å². The predicted molar refractivity (Wildman–Crippen MR) is 67.8 cm³/mol. The van der Waals surface area contributed by atoms with E-state index in [0.717, 1.165) is 4.80 Å². The van der Waals surface area contributed by atoms with Crippen LogP contribution < -0.4 is 11.3 Å². The van der Waals surface area contributed by atoms with Crippen LogP contribution in [0.4, 0.5) is 5.95 Å². The third kappa shape index (κ3) is 3.61. The molecule has 2 rings (SSSR count). The fraction of sp³-hybridized carbons (Fsp3) is 0.500. The average molecular weight is 304 g/mol. The van der Waals surface area contributed by atoms with Gasteiger partial charge in [-0.15, -0.1) is 10.2 Å². The summed E-state index contributed by atoms with van der Waals surface area (Å²) in [5.41, 5.74) is 4.98. The number of nitrogens with one attached hydrogen (secondary N) is 1. The van der Waals surface area contributed by atoms with E-state index in [0.29, 0.717) is 0 Å². The molecule has 2 aromatic heterocycles. The first kappa shape index (κ1) is 14.6. The Bertz CT molecular complexity index is 720. The molecule has 0 aromatic carbocycles. The molecule has 0 amide bonds. The van der Waals surface area contributed by atoms with Crippen molar-refractivity contribution in [3.8, 4) is 0 Å². The molecule has 0 aliphatic rings. The third-order valence-electron chi connectivity index (χ3n) is 2.27. The van der Waals surface area contributed by atoms with Crippen molar-refractivity contribution in [2.45, 2.75) is 19.6 Å². The molecule has 0 spiro atoms. The summed E-state index contributed by atoms with van der Waals surface area (Å²) in [5.74, 6) is -0.0691. The minimum absolute atomic E-state index is 0.0291. The number of aromatic nitrogens is 5. The first-order valence-electron chi connectivity index (χ1n) is 5.51. The number of nitrogens with zero attached hydrogens (tertiary/aromatic N) is 4. The number of rotatable bonds is 5. The van der Waals surface area contributed by atoms with Gasteiger partial charge in [-0.25, -0.2) is 0 Å². The van der Waals surface area contributed by atoms with Crippen LogP contribution in [0.25, 0.3) is 11.2 Å². The Labute approximate surface area is 111 Å². The molecule has 0 unspecified atom stereocenters. The van der Waals surface area contributed by atoms with E-state index in [2.05, 4.69) is 20.2 Å². The molecule has 5 N–H and O–H groups in total. The smallest absolute Gasteiger partial charge is 0.350 e. The Hall–Kier alpha value is -1.81. The molecule has 20 heavy (non-hydrogen) atoms. The molecule has 0 saturated carbocycles. The normalized spacial score (nSPS) is 13.8. The monoisotopic (exact) mass is 304 g/mol. The van der Waals surface area contributed by atoms with Crippen molar-refractivity contribution in [3.05, 3.63) is 10.4 Å². The van der Waals surface area contributed by atoms with Crippen molar-refractivity contribution in [2.24, 2.45) is 0 Å². The SMILES string of the molecule is C[C@H](Cn1nc2nc(N)[nH]c(=O)c2n1)OCP(=O)(O)O. The van der Waals surface area contributed by atoms with Crippen molar-refractivity contribution < 1.29 is 19.1 Å². The molecule has 2 aromatic rings. The summed E-state index contributed by atoms with van der Waals surface area (Å²) in [5, 5.41) is 7.85. The van der Waals surface area contributed by atoms with Crippen LogP contribution in [0.5, 0.6) is 0 Å². The zero-order valence-electron chi connectivity index (χ0n) is 10.4. The summed E-state index contributed by atoms with van der Waals surface area (Å²) in [6.45, 7) is 1.70. The minimum Gasteiger partial charge on any atom is -0.369 e. The molecule has 0 bridgehead atoms. The lowest BCUT2D eigenvalue weighted by Gasteiger charge is -2.12. The maximum absolute atomic E-state index is 11.5. The zero-order chi connectivity index (χ0) is 14.9. The molecule has 0 radical (unpaired) electrons. The van der Waals surface area contributed by atoms with Gasteiger partial charge < -0.3 is 20.3 Å². The van der Waals surface area contributed by atoms with E-state index in [1.807, 2.05) is 0 Å². The summed E-state index contributed by atoms with van der Waals surface area (Å²) >= 11 is 0. The molecule has 0 aliphatic carbocycles. The van der Waals surface area contributed by atoms with Gasteiger partial charge in [-0.05, 0) is 6.92 Å². The van der Waals surface area contributed by atoms with Crippen LogP contribution in [-0.4, -0.2) is 47.2 Å². The van der Waals surface area contributed by atoms with Gasteiger partial charge in [0, 0.05) is 0 Å². The van der Waals surface area contributed by atoms with E-state index in [-0.39, 0.29) is 23.7 Å². The lowest BCUT2D eigenvalue weighted by Crippen LogP contribution is -2.19. The van der Waals surface area contributed by atoms with Gasteiger partial charge in [-0.3, -0.25) is 14.3 Å². The number of H-pyrrole nitrogens is 1. The molecule has 0 fully saturated rings. The van der Waals surface area contributed by atoms with Crippen molar-refractivity contribution in [1.29, 1.82) is 0 Å². The maximum Gasteiger partial charge on any atom is 0.350 e. The number of hydrogen-bond acceptors (Lipinski definition) is 7. The van der Waals surface area contributed by atoms with Gasteiger partial charge in [0.1, 0.15) is 6.35 Å². The van der Waals surface area contributed by atoms with Crippen molar-refractivity contribution in [1.82, 2.24) is 25.0 Å². The largest absolute Gasteiger partial charge is 0.369 e. The first-order chi connectivity index (χ1) is 9.24. The highest BCUT2D eigenvalue weighted by molar-refractivity contribution is 7.51. The highest BCUT2D eigenvalue weighted by atomic mass is 31.2. The number of hydrogen-bond donors (Lipinski definition) is 4. The lowest BCUT2D eigenvalue weighted by atomic mass is 10.4. The maximum atomic E-state index is 11.5. The lowest BCUT2D eigenvalue weighted by molar-refractivity contribution is 0.0700. The Morgan fingerprint density at radius 2 is 2.20 bits per heavy atom. The van der Waals surface area contributed by atoms with Crippen molar-refractivity contribution in [3.63, 3.8) is 0 Å². The Kier molecular flexibility index (Phi) is 3.86. The number of aromatic amines is 1. The van der Waals surface area contributed by atoms with Crippen LogP contribution in [0.15, 0.2) is 4.79 Å². The fourth-order valence-electron chi connectivity index (χ4n) is 1.47. The van der Waals surface area contributed by atoms with Gasteiger partial charge in [0.05, 0.1) is 12.6 Å². The molecule has 0 saturated heterocycles. The number of nitrogen functional groups attached to an aromatic ring is 1. The number of nitrogens with two attached hydrogens (primary N) is 1. The Morgan fingerprint density at radius 1 is 1.50 bits per heavy atom. The molecule has 12 heteroatoms. The quantitative estimate of drug-likeness (QED) is 0.487. The molecular formula is C8H13N6O5P. The van der Waals surface area contributed by atoms with E-state index in [1.165, 1.54) is 0 Å². The van der Waals surface area contributed by atoms with Gasteiger partial charge in [-0.1, -0.05) is 0 Å². The molecule has 110 valence electrons. The van der Waals surface area contributed by atoms with Gasteiger partial charge in [0.15, 0.2) is 5.52 Å². The summed E-state index contributed by atoms with van der Waals surface area (Å²) < 4.78 is 15.6. The van der Waals surface area contributed by atoms with Gasteiger partial charge in [-0.2, -0.15) is 9.78 Å². The van der Waals surface area contributed by atoms with Crippen molar-refractivity contribution >= 4 is 24.7 Å². The second-order valence-electron chi connectivity index (χ2n) is 4.15. The molecule has 0 aliphatic heterocycles. The standard InChI is InChI=1S/C8H13N6O5P/c1-4(19-3-20(16,17)18)2-14-12-5-6(13-14)10-8(9)11-7(5)15/h4H,2-3H2,1H3,(H2,16,17,18)(H3,9,10,11,13,15)/t4-/m1/s1. The van der Waals surface area contributed by atoms with Gasteiger partial charge in [0.2, 0.25) is 11.6 Å². The number of anilines is 1. The Balaban J connectivity index is 2.12. The average Bonchev–Trinajstić information content (AvgIpc) is 2.68. The first-order valence-corrected chi connectivity index (χ1v) is 7.31. The second kappa shape index (κ2) is 5.29. The van der Waals surface area contributed by atoms with Crippen LogP contribution >= 0.6 is 7.60 Å². The van der Waals surface area contributed by atoms with Crippen LogP contribution in [0.3, 0.4) is 0 Å². The predicted octanol–water partition coefficient (Wildman–Crippen LogP) is -1.36. The van der Waals surface area contributed by atoms with Crippen molar-refractivity contribution in [2.75, 3.05) is 12.1 Å². The van der Waals surface area contributed by atoms with E-state index < -0.39 is 25.6 Å². The molecule has 2 heterocycles. The van der Waals surface area contributed by atoms with E-state index in [4.69, 9.17) is 20.3 Å². The molecule has 11 nitrogen and oxygen atoms in total. The van der Waals surface area contributed by atoms with Gasteiger partial charge >= 0.3 is 7.60 Å². The van der Waals surface area contributed by atoms with Crippen LogP contribution in [0, 0.1) is 0 Å². The summed E-state index contributed by atoms with van der Waals surface area (Å²) in [6.07, 6.45) is -1.25. The van der Waals surface area contributed by atoms with Gasteiger partial charge in [0.25, 0.3) is 5.56 Å². The second-order valence-corrected chi connectivity index (χ2v) is 5.74. The minimum atomic E-state index is -4.22. The molecular weight excluding hydrogens is 291 g/mol. The fourth-order valence-corrected chi connectivity index (χ4v) is 1.92. The summed E-state index contributed by atoms with van der Waals surface area (Å²) in [6, 6.07) is 0. The van der Waals surface area contributed by atoms with Crippen LogP contribution in [-0.2, 0) is 15.8 Å². The van der Waals surface area contributed by atoms with E-state index in [1.54, 1.807) is 6.92 Å².